The van der Waals surface area contributed by atoms with E-state index in [1.54, 1.807) is 0 Å². The predicted molar refractivity (Wildman–Crippen MR) is 76.8 cm³/mol. The van der Waals surface area contributed by atoms with E-state index in [1.165, 1.54) is 0 Å². The molecular weight excluding hydrogens is 238 g/mol. The number of aliphatic hydroxyl groups is 1. The van der Waals surface area contributed by atoms with Crippen molar-refractivity contribution >= 4 is 5.69 Å². The number of benzene rings is 1. The third-order valence-electron chi connectivity index (χ3n) is 3.30. The van der Waals surface area contributed by atoms with Gasteiger partial charge in [-0.15, -0.1) is 0 Å². The molecule has 3 N–H and O–H groups in total. The van der Waals surface area contributed by atoms with Crippen LogP contribution in [0.4, 0.5) is 5.69 Å². The van der Waals surface area contributed by atoms with Crippen LogP contribution in [-0.4, -0.2) is 14.9 Å². The minimum Gasteiger partial charge on any atom is -0.399 e. The molecule has 2 rings (SSSR count). The topological polar surface area (TPSA) is 64.1 Å². The van der Waals surface area contributed by atoms with Crippen molar-refractivity contribution in [3.05, 3.63) is 47.3 Å². The second-order valence-corrected chi connectivity index (χ2v) is 4.68. The van der Waals surface area contributed by atoms with Gasteiger partial charge >= 0.3 is 0 Å². The third kappa shape index (κ3) is 3.15. The summed E-state index contributed by atoms with van der Waals surface area (Å²) >= 11 is 0. The maximum atomic E-state index is 10.3. The molecule has 0 fully saturated rings. The van der Waals surface area contributed by atoms with Crippen LogP contribution in [0.15, 0.2) is 30.3 Å². The second-order valence-electron chi connectivity index (χ2n) is 4.68. The summed E-state index contributed by atoms with van der Waals surface area (Å²) in [4.78, 5) is 0. The summed E-state index contributed by atoms with van der Waals surface area (Å²) in [6.45, 7) is 4.97. The molecule has 0 spiro atoms. The molecule has 1 aromatic heterocycles. The zero-order valence-corrected chi connectivity index (χ0v) is 11.5. The highest BCUT2D eigenvalue weighted by molar-refractivity contribution is 5.40. The van der Waals surface area contributed by atoms with E-state index in [-0.39, 0.29) is 0 Å². The fourth-order valence-electron chi connectivity index (χ4n) is 2.16. The van der Waals surface area contributed by atoms with Gasteiger partial charge in [-0.3, -0.25) is 4.68 Å². The number of aliphatic hydroxyl groups excluding tert-OH is 1. The predicted octanol–water partition coefficient (Wildman–Crippen LogP) is 2.32. The van der Waals surface area contributed by atoms with Gasteiger partial charge in [0.2, 0.25) is 0 Å². The fourth-order valence-corrected chi connectivity index (χ4v) is 2.16. The number of aryl methyl sites for hydroxylation is 2. The summed E-state index contributed by atoms with van der Waals surface area (Å²) in [7, 11) is 0. The van der Waals surface area contributed by atoms with E-state index >= 15 is 0 Å². The number of rotatable bonds is 5. The van der Waals surface area contributed by atoms with E-state index in [1.807, 2.05) is 28.9 Å². The summed E-state index contributed by atoms with van der Waals surface area (Å²) < 4.78 is 1.96. The number of nitrogens with two attached hydrogens (primary N) is 1. The molecule has 1 aromatic carbocycles. The van der Waals surface area contributed by atoms with Crippen molar-refractivity contribution in [2.45, 2.75) is 39.3 Å². The van der Waals surface area contributed by atoms with Gasteiger partial charge in [0, 0.05) is 24.3 Å². The summed E-state index contributed by atoms with van der Waals surface area (Å²) in [5.41, 5.74) is 9.39. The first kappa shape index (κ1) is 13.6. The first-order valence-electron chi connectivity index (χ1n) is 6.73. The van der Waals surface area contributed by atoms with Crippen LogP contribution in [0.1, 0.15) is 36.9 Å². The normalized spacial score (nSPS) is 12.6. The van der Waals surface area contributed by atoms with Crippen molar-refractivity contribution in [2.24, 2.45) is 0 Å². The minimum atomic E-state index is -0.521. The lowest BCUT2D eigenvalue weighted by atomic mass is 10.0. The molecule has 1 atom stereocenters. The molecule has 0 saturated heterocycles. The molecule has 0 aliphatic heterocycles. The lowest BCUT2D eigenvalue weighted by Crippen LogP contribution is -2.08. The maximum Gasteiger partial charge on any atom is 0.0845 e. The standard InChI is InChI=1S/C15H21N3O/c1-3-13-9-14(18(4-2)17-13)10-15(19)11-5-7-12(16)8-6-11/h5-9,15,19H,3-4,10,16H2,1-2H3. The quantitative estimate of drug-likeness (QED) is 0.810. The molecule has 0 bridgehead atoms. The summed E-state index contributed by atoms with van der Waals surface area (Å²) in [5, 5.41) is 14.8. The highest BCUT2D eigenvalue weighted by Crippen LogP contribution is 2.20. The molecule has 1 unspecified atom stereocenters. The average molecular weight is 259 g/mol. The lowest BCUT2D eigenvalue weighted by molar-refractivity contribution is 0.175. The number of hydrogen-bond acceptors (Lipinski definition) is 3. The van der Waals surface area contributed by atoms with Crippen molar-refractivity contribution in [2.75, 3.05) is 5.73 Å². The Balaban J connectivity index is 2.15. The van der Waals surface area contributed by atoms with Gasteiger partial charge in [-0.05, 0) is 37.1 Å². The number of aromatic nitrogens is 2. The van der Waals surface area contributed by atoms with Crippen LogP contribution in [0.25, 0.3) is 0 Å². The van der Waals surface area contributed by atoms with Gasteiger partial charge in [0.1, 0.15) is 0 Å². The van der Waals surface area contributed by atoms with E-state index in [2.05, 4.69) is 25.0 Å². The molecular formula is C15H21N3O. The third-order valence-corrected chi connectivity index (χ3v) is 3.30. The van der Waals surface area contributed by atoms with Gasteiger partial charge in [0.05, 0.1) is 11.8 Å². The number of anilines is 1. The van der Waals surface area contributed by atoms with E-state index < -0.39 is 6.10 Å². The number of nitrogen functional groups attached to an aromatic ring is 1. The average Bonchev–Trinajstić information content (AvgIpc) is 2.81. The Morgan fingerprint density at radius 1 is 1.26 bits per heavy atom. The van der Waals surface area contributed by atoms with Crippen LogP contribution in [0.3, 0.4) is 0 Å². The second kappa shape index (κ2) is 5.89. The van der Waals surface area contributed by atoms with Crippen molar-refractivity contribution in [1.29, 1.82) is 0 Å². The Labute approximate surface area is 113 Å². The van der Waals surface area contributed by atoms with Gasteiger partial charge in [-0.1, -0.05) is 19.1 Å². The van der Waals surface area contributed by atoms with Crippen LogP contribution >= 0.6 is 0 Å². The van der Waals surface area contributed by atoms with Crippen molar-refractivity contribution in [3.8, 4) is 0 Å². The smallest absolute Gasteiger partial charge is 0.0845 e. The molecule has 4 heteroatoms. The van der Waals surface area contributed by atoms with E-state index in [0.29, 0.717) is 12.1 Å². The van der Waals surface area contributed by atoms with Crippen LogP contribution in [0.5, 0.6) is 0 Å². The largest absolute Gasteiger partial charge is 0.399 e. The van der Waals surface area contributed by atoms with Gasteiger partial charge in [-0.2, -0.15) is 5.10 Å². The van der Waals surface area contributed by atoms with E-state index in [4.69, 9.17) is 5.73 Å². The number of hydrogen-bond donors (Lipinski definition) is 2. The molecule has 0 amide bonds. The van der Waals surface area contributed by atoms with Gasteiger partial charge in [0.15, 0.2) is 0 Å². The van der Waals surface area contributed by atoms with Crippen LogP contribution < -0.4 is 5.73 Å². The van der Waals surface area contributed by atoms with Crippen LogP contribution in [-0.2, 0) is 19.4 Å². The molecule has 0 radical (unpaired) electrons. The van der Waals surface area contributed by atoms with Crippen molar-refractivity contribution in [1.82, 2.24) is 9.78 Å². The fraction of sp³-hybridized carbons (Fsp3) is 0.400. The number of nitrogens with zero attached hydrogens (tertiary/aromatic N) is 2. The summed E-state index contributed by atoms with van der Waals surface area (Å²) in [5.74, 6) is 0. The van der Waals surface area contributed by atoms with Crippen LogP contribution in [0, 0.1) is 0 Å². The zero-order valence-electron chi connectivity index (χ0n) is 11.5. The molecule has 19 heavy (non-hydrogen) atoms. The molecule has 0 aliphatic rings. The van der Waals surface area contributed by atoms with Crippen molar-refractivity contribution in [3.63, 3.8) is 0 Å². The lowest BCUT2D eigenvalue weighted by Gasteiger charge is -2.12. The summed E-state index contributed by atoms with van der Waals surface area (Å²) in [6, 6.07) is 9.44. The molecule has 1 heterocycles. The van der Waals surface area contributed by atoms with E-state index in [0.717, 1.165) is 29.9 Å². The maximum absolute atomic E-state index is 10.3. The monoisotopic (exact) mass is 259 g/mol. The molecule has 102 valence electrons. The first-order valence-corrected chi connectivity index (χ1v) is 6.73. The molecule has 2 aromatic rings. The Kier molecular flexibility index (Phi) is 4.22. The summed E-state index contributed by atoms with van der Waals surface area (Å²) in [6.07, 6.45) is 0.968. The SMILES string of the molecule is CCc1cc(CC(O)c2ccc(N)cc2)n(CC)n1. The highest BCUT2D eigenvalue weighted by Gasteiger charge is 2.13. The van der Waals surface area contributed by atoms with E-state index in [9.17, 15) is 5.11 Å². The van der Waals surface area contributed by atoms with Gasteiger partial charge in [0.25, 0.3) is 0 Å². The van der Waals surface area contributed by atoms with Crippen LogP contribution in [0.2, 0.25) is 0 Å². The Morgan fingerprint density at radius 3 is 2.53 bits per heavy atom. The Bertz CT molecular complexity index is 531. The molecule has 0 aliphatic carbocycles. The van der Waals surface area contributed by atoms with Crippen molar-refractivity contribution < 1.29 is 5.11 Å². The minimum absolute atomic E-state index is 0.521. The first-order chi connectivity index (χ1) is 9.13. The Hall–Kier alpha value is -1.81. The molecule has 4 nitrogen and oxygen atoms in total. The Morgan fingerprint density at radius 2 is 1.95 bits per heavy atom. The van der Waals surface area contributed by atoms with Gasteiger partial charge in [-0.25, -0.2) is 0 Å². The highest BCUT2D eigenvalue weighted by atomic mass is 16.3. The van der Waals surface area contributed by atoms with Gasteiger partial charge < -0.3 is 10.8 Å². The zero-order chi connectivity index (χ0) is 13.8. The molecule has 0 saturated carbocycles.